The van der Waals surface area contributed by atoms with Crippen molar-refractivity contribution in [3.05, 3.63) is 59.8 Å². The average Bonchev–Trinajstić information content (AvgIpc) is 2.42. The lowest BCUT2D eigenvalue weighted by molar-refractivity contribution is -0.139. The molecule has 0 bridgehead atoms. The summed E-state index contributed by atoms with van der Waals surface area (Å²) in [5, 5.41) is 2.79. The van der Waals surface area contributed by atoms with E-state index in [0.29, 0.717) is 5.57 Å². The van der Waals surface area contributed by atoms with Crippen LogP contribution in [-0.4, -0.2) is 17.8 Å². The van der Waals surface area contributed by atoms with Gasteiger partial charge in [0.25, 0.3) is 0 Å². The van der Waals surface area contributed by atoms with Gasteiger partial charge < -0.3 is 10.1 Å². The van der Waals surface area contributed by atoms with Gasteiger partial charge in [0.2, 0.25) is 0 Å². The smallest absolute Gasteiger partial charge is 0.340 e. The summed E-state index contributed by atoms with van der Waals surface area (Å²) >= 11 is 5.80. The number of rotatable bonds is 3. The highest BCUT2D eigenvalue weighted by atomic mass is 35.5. The van der Waals surface area contributed by atoms with Gasteiger partial charge in [0.1, 0.15) is 6.61 Å². The number of halogens is 1. The molecule has 0 amide bonds. The Morgan fingerprint density at radius 3 is 2.95 bits per heavy atom. The number of benzene rings is 1. The first kappa shape index (κ1) is 13.4. The van der Waals surface area contributed by atoms with Crippen molar-refractivity contribution in [2.45, 2.75) is 12.2 Å². The number of allylic oxidation sites excluding steroid dienone is 2. The molecule has 1 N–H and O–H groups in total. The number of carbonyl (C=O) groups is 1. The van der Waals surface area contributed by atoms with Crippen LogP contribution in [0.1, 0.15) is 5.56 Å². The molecule has 0 saturated heterocycles. The molecule has 19 heavy (non-hydrogen) atoms. The van der Waals surface area contributed by atoms with Crippen molar-refractivity contribution in [2.75, 3.05) is 0 Å². The van der Waals surface area contributed by atoms with Crippen LogP contribution < -0.4 is 5.32 Å². The number of nitrogens with zero attached hydrogens (tertiary/aromatic N) is 1. The Labute approximate surface area is 116 Å². The van der Waals surface area contributed by atoms with E-state index in [-0.39, 0.29) is 6.61 Å². The summed E-state index contributed by atoms with van der Waals surface area (Å²) < 4.78 is 5.20. The second-order valence-corrected chi connectivity index (χ2v) is 4.24. The monoisotopic (exact) mass is 276 g/mol. The van der Waals surface area contributed by atoms with Crippen molar-refractivity contribution in [3.8, 4) is 0 Å². The lowest BCUT2D eigenvalue weighted by Gasteiger charge is -2.08. The molecule has 0 radical (unpaired) electrons. The Morgan fingerprint density at radius 1 is 1.37 bits per heavy atom. The van der Waals surface area contributed by atoms with Gasteiger partial charge in [-0.2, -0.15) is 0 Å². The van der Waals surface area contributed by atoms with Crippen molar-refractivity contribution in [3.63, 3.8) is 0 Å². The minimum absolute atomic E-state index is 0.233. The Bertz CT molecular complexity index is 524. The largest absolute Gasteiger partial charge is 0.457 e. The Balaban J connectivity index is 1.97. The SMILES string of the molecule is O=C(OCc1ccccc1)C1=CC=CNC(Cl)N=C1. The minimum Gasteiger partial charge on any atom is -0.457 e. The van der Waals surface area contributed by atoms with Gasteiger partial charge in [0.05, 0.1) is 5.57 Å². The first-order valence-electron chi connectivity index (χ1n) is 5.77. The van der Waals surface area contributed by atoms with Crippen LogP contribution in [-0.2, 0) is 16.1 Å². The number of esters is 1. The van der Waals surface area contributed by atoms with E-state index in [1.807, 2.05) is 30.3 Å². The number of hydrogen-bond acceptors (Lipinski definition) is 4. The molecule has 1 unspecified atom stereocenters. The van der Waals surface area contributed by atoms with E-state index in [4.69, 9.17) is 16.3 Å². The predicted molar refractivity (Wildman–Crippen MR) is 74.7 cm³/mol. The molecule has 1 aliphatic rings. The maximum Gasteiger partial charge on any atom is 0.340 e. The molecule has 0 spiro atoms. The highest BCUT2D eigenvalue weighted by Crippen LogP contribution is 2.06. The normalized spacial score (nSPS) is 17.9. The van der Waals surface area contributed by atoms with Crippen molar-refractivity contribution < 1.29 is 9.53 Å². The van der Waals surface area contributed by atoms with Gasteiger partial charge in [-0.15, -0.1) is 0 Å². The molecule has 1 aliphatic heterocycles. The predicted octanol–water partition coefficient (Wildman–Crippen LogP) is 2.37. The molecule has 98 valence electrons. The average molecular weight is 277 g/mol. The zero-order valence-electron chi connectivity index (χ0n) is 10.1. The molecule has 1 heterocycles. The van der Waals surface area contributed by atoms with Gasteiger partial charge in [-0.3, -0.25) is 4.99 Å². The standard InChI is InChI=1S/C14H13ClN2O2/c15-14-16-8-4-7-12(9-17-14)13(18)19-10-11-5-2-1-3-6-11/h1-9,14,16H,10H2. The van der Waals surface area contributed by atoms with Gasteiger partial charge >= 0.3 is 5.97 Å². The maximum absolute atomic E-state index is 11.9. The lowest BCUT2D eigenvalue weighted by Crippen LogP contribution is -2.18. The first-order chi connectivity index (χ1) is 9.25. The number of hydrogen-bond donors (Lipinski definition) is 1. The van der Waals surface area contributed by atoms with Gasteiger partial charge in [-0.05, 0) is 23.9 Å². The molecule has 0 aliphatic carbocycles. The molecule has 2 rings (SSSR count). The summed E-state index contributed by atoms with van der Waals surface area (Å²) in [5.74, 6) is -0.428. The van der Waals surface area contributed by atoms with Gasteiger partial charge in [0.15, 0.2) is 5.62 Å². The van der Waals surface area contributed by atoms with Crippen LogP contribution in [0.5, 0.6) is 0 Å². The van der Waals surface area contributed by atoms with Crippen LogP contribution in [0.15, 0.2) is 59.2 Å². The fourth-order valence-corrected chi connectivity index (χ4v) is 1.57. The van der Waals surface area contributed by atoms with Crippen LogP contribution in [0.3, 0.4) is 0 Å². The van der Waals surface area contributed by atoms with E-state index in [9.17, 15) is 4.79 Å². The summed E-state index contributed by atoms with van der Waals surface area (Å²) in [6, 6.07) is 9.49. The van der Waals surface area contributed by atoms with Crippen molar-refractivity contribution in [1.29, 1.82) is 0 Å². The number of aliphatic imine (C=N–C) groups is 1. The number of nitrogens with one attached hydrogen (secondary N) is 1. The third-order valence-corrected chi connectivity index (χ3v) is 2.64. The molecule has 1 atom stereocenters. The number of alkyl halides is 1. The van der Waals surface area contributed by atoms with E-state index in [1.165, 1.54) is 6.21 Å². The molecular formula is C14H13ClN2O2. The summed E-state index contributed by atoms with van der Waals surface area (Å²) in [4.78, 5) is 15.8. The molecule has 0 aromatic heterocycles. The Morgan fingerprint density at radius 2 is 2.16 bits per heavy atom. The topological polar surface area (TPSA) is 50.7 Å². The Kier molecular flexibility index (Phi) is 4.75. The first-order valence-corrected chi connectivity index (χ1v) is 6.20. The third-order valence-electron chi connectivity index (χ3n) is 2.40. The zero-order chi connectivity index (χ0) is 13.5. The molecule has 1 aromatic carbocycles. The molecule has 5 heteroatoms. The van der Waals surface area contributed by atoms with E-state index >= 15 is 0 Å². The van der Waals surface area contributed by atoms with E-state index in [1.54, 1.807) is 18.4 Å². The van der Waals surface area contributed by atoms with Crippen molar-refractivity contribution in [1.82, 2.24) is 5.32 Å². The highest BCUT2D eigenvalue weighted by Gasteiger charge is 2.10. The number of carbonyl (C=O) groups excluding carboxylic acids is 1. The maximum atomic E-state index is 11.9. The summed E-state index contributed by atoms with van der Waals surface area (Å²) in [6.45, 7) is 0.233. The van der Waals surface area contributed by atoms with Crippen LogP contribution in [0, 0.1) is 0 Å². The molecule has 0 fully saturated rings. The van der Waals surface area contributed by atoms with Crippen molar-refractivity contribution >= 4 is 23.8 Å². The van der Waals surface area contributed by atoms with Crippen LogP contribution in [0.4, 0.5) is 0 Å². The molecule has 0 saturated carbocycles. The molecule has 1 aromatic rings. The minimum atomic E-state index is -0.582. The van der Waals surface area contributed by atoms with Gasteiger partial charge in [0, 0.05) is 6.21 Å². The second kappa shape index (κ2) is 6.75. The van der Waals surface area contributed by atoms with Crippen LogP contribution in [0.2, 0.25) is 0 Å². The van der Waals surface area contributed by atoms with E-state index in [0.717, 1.165) is 5.56 Å². The summed E-state index contributed by atoms with van der Waals surface area (Å²) in [7, 11) is 0. The van der Waals surface area contributed by atoms with Crippen LogP contribution >= 0.6 is 11.6 Å². The van der Waals surface area contributed by atoms with E-state index < -0.39 is 11.6 Å². The highest BCUT2D eigenvalue weighted by molar-refractivity contribution is 6.21. The Hall–Kier alpha value is -2.07. The van der Waals surface area contributed by atoms with Gasteiger partial charge in [-0.1, -0.05) is 41.9 Å². The van der Waals surface area contributed by atoms with E-state index in [2.05, 4.69) is 10.3 Å². The summed E-state index contributed by atoms with van der Waals surface area (Å²) in [5.41, 5.74) is 0.716. The zero-order valence-corrected chi connectivity index (χ0v) is 10.9. The third kappa shape index (κ3) is 4.26. The quantitative estimate of drug-likeness (QED) is 0.524. The summed E-state index contributed by atoms with van der Waals surface area (Å²) in [6.07, 6.45) is 6.33. The molecular weight excluding hydrogens is 264 g/mol. The van der Waals surface area contributed by atoms with Crippen molar-refractivity contribution in [2.24, 2.45) is 4.99 Å². The number of ether oxygens (including phenoxy) is 1. The fourth-order valence-electron chi connectivity index (χ4n) is 1.45. The fraction of sp³-hybridized carbons (Fsp3) is 0.143. The van der Waals surface area contributed by atoms with Crippen LogP contribution in [0.25, 0.3) is 0 Å². The van der Waals surface area contributed by atoms with Gasteiger partial charge in [-0.25, -0.2) is 4.79 Å². The lowest BCUT2D eigenvalue weighted by atomic mass is 10.2. The second-order valence-electron chi connectivity index (χ2n) is 3.82. The molecule has 4 nitrogen and oxygen atoms in total.